The zero-order valence-corrected chi connectivity index (χ0v) is 12.5. The molecule has 0 heterocycles. The van der Waals surface area contributed by atoms with E-state index >= 15 is 0 Å². The molecule has 114 valence electrons. The zero-order chi connectivity index (χ0) is 14.9. The first kappa shape index (κ1) is 15.4. The second-order valence-electron chi connectivity index (χ2n) is 5.08. The minimum absolute atomic E-state index is 0.123. The first-order valence-corrected chi connectivity index (χ1v) is 7.59. The molecule has 5 nitrogen and oxygen atoms in total. The number of anilines is 1. The molecule has 0 atom stereocenters. The molecule has 1 saturated carbocycles. The van der Waals surface area contributed by atoms with E-state index in [1.54, 1.807) is 0 Å². The topological polar surface area (TPSA) is 62.7 Å². The van der Waals surface area contributed by atoms with Crippen LogP contribution in [0.15, 0.2) is 29.4 Å². The number of carbonyl (C=O) groups is 1. The standard InChI is InChI=1S/C16H23N3O2/c1-2-21-15-10-8-13(9-11-15)17-12-16(20)19-18-14-6-4-3-5-7-14/h8-11,17H,2-7,12H2,1H3,(H,19,20). The third-order valence-corrected chi connectivity index (χ3v) is 3.39. The molecular formula is C16H23N3O2. The van der Waals surface area contributed by atoms with Crippen LogP contribution in [0.2, 0.25) is 0 Å². The fraction of sp³-hybridized carbons (Fsp3) is 0.500. The van der Waals surface area contributed by atoms with Gasteiger partial charge in [0.1, 0.15) is 5.75 Å². The number of hydrogen-bond donors (Lipinski definition) is 2. The average Bonchev–Trinajstić information content (AvgIpc) is 2.53. The molecule has 5 heteroatoms. The maximum atomic E-state index is 11.7. The molecule has 0 spiro atoms. The highest BCUT2D eigenvalue weighted by molar-refractivity contribution is 5.87. The Bertz CT molecular complexity index is 475. The summed E-state index contributed by atoms with van der Waals surface area (Å²) in [4.78, 5) is 11.7. The van der Waals surface area contributed by atoms with Crippen LogP contribution in [0.3, 0.4) is 0 Å². The van der Waals surface area contributed by atoms with Gasteiger partial charge in [-0.1, -0.05) is 6.42 Å². The molecule has 1 aromatic rings. The average molecular weight is 289 g/mol. The predicted molar refractivity (Wildman–Crippen MR) is 84.8 cm³/mol. The fourth-order valence-corrected chi connectivity index (χ4v) is 2.27. The lowest BCUT2D eigenvalue weighted by atomic mass is 9.99. The maximum absolute atomic E-state index is 11.7. The van der Waals surface area contributed by atoms with Gasteiger partial charge in [-0.05, 0) is 56.9 Å². The minimum atomic E-state index is -0.123. The zero-order valence-electron chi connectivity index (χ0n) is 12.5. The lowest BCUT2D eigenvalue weighted by Gasteiger charge is -2.12. The van der Waals surface area contributed by atoms with Crippen molar-refractivity contribution >= 4 is 17.3 Å². The van der Waals surface area contributed by atoms with E-state index in [-0.39, 0.29) is 12.5 Å². The van der Waals surface area contributed by atoms with Crippen LogP contribution >= 0.6 is 0 Å². The smallest absolute Gasteiger partial charge is 0.259 e. The van der Waals surface area contributed by atoms with Gasteiger partial charge in [0.15, 0.2) is 0 Å². The SMILES string of the molecule is CCOc1ccc(NCC(=O)NN=C2CCCCC2)cc1. The number of rotatable bonds is 6. The lowest BCUT2D eigenvalue weighted by molar-refractivity contribution is -0.119. The van der Waals surface area contributed by atoms with Crippen LogP contribution in [0.25, 0.3) is 0 Å². The Balaban J connectivity index is 1.73. The minimum Gasteiger partial charge on any atom is -0.494 e. The Hall–Kier alpha value is -2.04. The maximum Gasteiger partial charge on any atom is 0.259 e. The van der Waals surface area contributed by atoms with Crippen LogP contribution in [-0.4, -0.2) is 24.8 Å². The molecule has 1 aliphatic carbocycles. The molecule has 21 heavy (non-hydrogen) atoms. The van der Waals surface area contributed by atoms with Crippen molar-refractivity contribution < 1.29 is 9.53 Å². The highest BCUT2D eigenvalue weighted by Gasteiger charge is 2.07. The number of ether oxygens (including phenoxy) is 1. The number of hydrogen-bond acceptors (Lipinski definition) is 4. The molecular weight excluding hydrogens is 266 g/mol. The van der Waals surface area contributed by atoms with Crippen LogP contribution in [0.1, 0.15) is 39.0 Å². The molecule has 1 amide bonds. The summed E-state index contributed by atoms with van der Waals surface area (Å²) in [5.74, 6) is 0.707. The molecule has 0 unspecified atom stereocenters. The second kappa shape index (κ2) is 8.29. The van der Waals surface area contributed by atoms with Crippen LogP contribution in [-0.2, 0) is 4.79 Å². The van der Waals surface area contributed by atoms with Gasteiger partial charge in [0.2, 0.25) is 0 Å². The fourth-order valence-electron chi connectivity index (χ4n) is 2.27. The summed E-state index contributed by atoms with van der Waals surface area (Å²) in [6.07, 6.45) is 5.64. The number of nitrogens with zero attached hydrogens (tertiary/aromatic N) is 1. The van der Waals surface area contributed by atoms with Gasteiger partial charge in [0, 0.05) is 11.4 Å². The van der Waals surface area contributed by atoms with E-state index in [4.69, 9.17) is 4.74 Å². The molecule has 2 N–H and O–H groups in total. The highest BCUT2D eigenvalue weighted by atomic mass is 16.5. The Morgan fingerprint density at radius 1 is 1.19 bits per heavy atom. The summed E-state index contributed by atoms with van der Waals surface area (Å²) in [5.41, 5.74) is 4.61. The Morgan fingerprint density at radius 2 is 1.90 bits per heavy atom. The number of amides is 1. The summed E-state index contributed by atoms with van der Waals surface area (Å²) >= 11 is 0. The van der Waals surface area contributed by atoms with Crippen LogP contribution in [0.4, 0.5) is 5.69 Å². The van der Waals surface area contributed by atoms with E-state index in [1.807, 2.05) is 31.2 Å². The molecule has 0 radical (unpaired) electrons. The van der Waals surface area contributed by atoms with Crippen molar-refractivity contribution in [1.29, 1.82) is 0 Å². The van der Waals surface area contributed by atoms with Gasteiger partial charge in [-0.25, -0.2) is 5.43 Å². The first-order valence-electron chi connectivity index (χ1n) is 7.59. The third-order valence-electron chi connectivity index (χ3n) is 3.39. The van der Waals surface area contributed by atoms with Crippen LogP contribution in [0.5, 0.6) is 5.75 Å². The van der Waals surface area contributed by atoms with Gasteiger partial charge in [-0.2, -0.15) is 5.10 Å². The number of nitrogens with one attached hydrogen (secondary N) is 2. The van der Waals surface area contributed by atoms with E-state index in [0.717, 1.165) is 30.0 Å². The van der Waals surface area contributed by atoms with E-state index in [0.29, 0.717) is 6.61 Å². The Morgan fingerprint density at radius 3 is 2.57 bits per heavy atom. The van der Waals surface area contributed by atoms with Gasteiger partial charge in [-0.15, -0.1) is 0 Å². The van der Waals surface area contributed by atoms with Crippen molar-refractivity contribution in [2.45, 2.75) is 39.0 Å². The molecule has 1 aromatic carbocycles. The summed E-state index contributed by atoms with van der Waals surface area (Å²) < 4.78 is 5.37. The van der Waals surface area contributed by atoms with Crippen molar-refractivity contribution in [1.82, 2.24) is 5.43 Å². The van der Waals surface area contributed by atoms with Gasteiger partial charge in [0.05, 0.1) is 13.2 Å². The molecule has 0 bridgehead atoms. The van der Waals surface area contributed by atoms with Crippen LogP contribution < -0.4 is 15.5 Å². The third kappa shape index (κ3) is 5.45. The van der Waals surface area contributed by atoms with Gasteiger partial charge in [0.25, 0.3) is 5.91 Å². The van der Waals surface area contributed by atoms with E-state index in [9.17, 15) is 4.79 Å². The Kier molecular flexibility index (Phi) is 6.06. The summed E-state index contributed by atoms with van der Waals surface area (Å²) in [6, 6.07) is 7.55. The molecule has 1 fully saturated rings. The van der Waals surface area contributed by atoms with Crippen molar-refractivity contribution in [2.75, 3.05) is 18.5 Å². The van der Waals surface area contributed by atoms with Crippen molar-refractivity contribution in [2.24, 2.45) is 5.10 Å². The van der Waals surface area contributed by atoms with Crippen molar-refractivity contribution in [3.05, 3.63) is 24.3 Å². The molecule has 0 saturated heterocycles. The van der Waals surface area contributed by atoms with Crippen molar-refractivity contribution in [3.63, 3.8) is 0 Å². The summed E-state index contributed by atoms with van der Waals surface area (Å²) in [7, 11) is 0. The summed E-state index contributed by atoms with van der Waals surface area (Å²) in [5, 5.41) is 7.26. The number of hydrazone groups is 1. The largest absolute Gasteiger partial charge is 0.494 e. The number of benzene rings is 1. The quantitative estimate of drug-likeness (QED) is 0.791. The molecule has 2 rings (SSSR count). The Labute approximate surface area is 125 Å². The molecule has 1 aliphatic rings. The predicted octanol–water partition coefficient (Wildman–Crippen LogP) is 2.93. The lowest BCUT2D eigenvalue weighted by Crippen LogP contribution is -2.27. The van der Waals surface area contributed by atoms with Crippen LogP contribution in [0, 0.1) is 0 Å². The van der Waals surface area contributed by atoms with Gasteiger partial charge in [-0.3, -0.25) is 4.79 Å². The molecule has 0 aromatic heterocycles. The summed E-state index contributed by atoms with van der Waals surface area (Å²) in [6.45, 7) is 2.81. The van der Waals surface area contributed by atoms with E-state index < -0.39 is 0 Å². The van der Waals surface area contributed by atoms with E-state index in [1.165, 1.54) is 19.3 Å². The molecule has 0 aliphatic heterocycles. The second-order valence-corrected chi connectivity index (χ2v) is 5.08. The normalized spacial score (nSPS) is 14.4. The van der Waals surface area contributed by atoms with E-state index in [2.05, 4.69) is 15.8 Å². The monoisotopic (exact) mass is 289 g/mol. The van der Waals surface area contributed by atoms with Crippen molar-refractivity contribution in [3.8, 4) is 5.75 Å². The number of carbonyl (C=O) groups excluding carboxylic acids is 1. The highest BCUT2D eigenvalue weighted by Crippen LogP contribution is 2.15. The van der Waals surface area contributed by atoms with Gasteiger partial charge >= 0.3 is 0 Å². The van der Waals surface area contributed by atoms with Gasteiger partial charge < -0.3 is 10.1 Å². The first-order chi connectivity index (χ1) is 10.3.